The zero-order chi connectivity index (χ0) is 18.7. The monoisotopic (exact) mass is 379 g/mol. The van der Waals surface area contributed by atoms with E-state index in [1.807, 2.05) is 6.07 Å². The highest BCUT2D eigenvalue weighted by Gasteiger charge is 2.29. The van der Waals surface area contributed by atoms with Gasteiger partial charge in [0.05, 0.1) is 22.1 Å². The largest absolute Gasteiger partial charge is 0.468 e. The molecule has 1 saturated heterocycles. The lowest BCUT2D eigenvalue weighted by atomic mass is 10.2. The van der Waals surface area contributed by atoms with Crippen LogP contribution in [-0.4, -0.2) is 37.9 Å². The molecule has 1 unspecified atom stereocenters. The lowest BCUT2D eigenvalue weighted by molar-refractivity contribution is -0.385. The molecule has 1 aromatic carbocycles. The first-order chi connectivity index (χ1) is 12.4. The SMILES string of the molecule is Cc1c([N+](=O)[O-])cccc1S(=O)(=O)NCC(c1ccco1)N1CCCC1. The van der Waals surface area contributed by atoms with Crippen LogP contribution in [0.5, 0.6) is 0 Å². The molecule has 1 fully saturated rings. The molecule has 0 bridgehead atoms. The molecule has 9 heteroatoms. The van der Waals surface area contributed by atoms with Crippen LogP contribution in [0.25, 0.3) is 0 Å². The minimum atomic E-state index is -3.89. The summed E-state index contributed by atoms with van der Waals surface area (Å²) >= 11 is 0. The molecule has 26 heavy (non-hydrogen) atoms. The maximum atomic E-state index is 12.7. The number of rotatable bonds is 7. The summed E-state index contributed by atoms with van der Waals surface area (Å²) in [6.45, 7) is 3.33. The number of nitro groups is 1. The minimum absolute atomic E-state index is 0.0775. The Balaban J connectivity index is 1.82. The zero-order valence-electron chi connectivity index (χ0n) is 14.4. The molecule has 0 radical (unpaired) electrons. The summed E-state index contributed by atoms with van der Waals surface area (Å²) in [5, 5.41) is 11.1. The first-order valence-electron chi connectivity index (χ1n) is 8.41. The van der Waals surface area contributed by atoms with Gasteiger partial charge in [-0.15, -0.1) is 0 Å². The Morgan fingerprint density at radius 3 is 2.62 bits per heavy atom. The van der Waals surface area contributed by atoms with Crippen LogP contribution in [0, 0.1) is 17.0 Å². The second kappa shape index (κ2) is 7.56. The topological polar surface area (TPSA) is 106 Å². The number of furan rings is 1. The number of nitro benzene ring substituents is 1. The summed E-state index contributed by atoms with van der Waals surface area (Å²) in [6, 6.07) is 7.45. The van der Waals surface area contributed by atoms with E-state index in [1.165, 1.54) is 25.1 Å². The third kappa shape index (κ3) is 3.79. The van der Waals surface area contributed by atoms with Gasteiger partial charge in [-0.2, -0.15) is 0 Å². The second-order valence-electron chi connectivity index (χ2n) is 6.28. The molecule has 2 aromatic rings. The number of hydrogen-bond acceptors (Lipinski definition) is 6. The van der Waals surface area contributed by atoms with Crippen LogP contribution in [0.15, 0.2) is 45.9 Å². The highest BCUT2D eigenvalue weighted by Crippen LogP contribution is 2.27. The average Bonchev–Trinajstić information content (AvgIpc) is 3.28. The van der Waals surface area contributed by atoms with Gasteiger partial charge in [0.1, 0.15) is 5.76 Å². The van der Waals surface area contributed by atoms with E-state index in [-0.39, 0.29) is 28.7 Å². The predicted octanol–water partition coefficient (Wildman–Crippen LogP) is 2.61. The fourth-order valence-corrected chi connectivity index (χ4v) is 4.60. The molecule has 0 aliphatic carbocycles. The van der Waals surface area contributed by atoms with Gasteiger partial charge in [-0.25, -0.2) is 13.1 Å². The van der Waals surface area contributed by atoms with Gasteiger partial charge in [0.2, 0.25) is 10.0 Å². The van der Waals surface area contributed by atoms with Gasteiger partial charge in [-0.1, -0.05) is 6.07 Å². The maximum absolute atomic E-state index is 12.7. The molecule has 1 aliphatic heterocycles. The van der Waals surface area contributed by atoms with Gasteiger partial charge in [0.15, 0.2) is 0 Å². The van der Waals surface area contributed by atoms with Crippen molar-refractivity contribution in [2.75, 3.05) is 19.6 Å². The van der Waals surface area contributed by atoms with Crippen molar-refractivity contribution in [2.24, 2.45) is 0 Å². The van der Waals surface area contributed by atoms with Crippen LogP contribution in [-0.2, 0) is 10.0 Å². The number of nitrogens with zero attached hydrogens (tertiary/aromatic N) is 2. The summed E-state index contributed by atoms with van der Waals surface area (Å²) in [7, 11) is -3.89. The Morgan fingerprint density at radius 1 is 1.27 bits per heavy atom. The van der Waals surface area contributed by atoms with E-state index in [2.05, 4.69) is 9.62 Å². The van der Waals surface area contributed by atoms with Gasteiger partial charge in [-0.05, 0) is 51.1 Å². The maximum Gasteiger partial charge on any atom is 0.273 e. The Hall–Kier alpha value is -2.23. The number of nitrogens with one attached hydrogen (secondary N) is 1. The smallest absolute Gasteiger partial charge is 0.273 e. The lowest BCUT2D eigenvalue weighted by Gasteiger charge is -2.26. The van der Waals surface area contributed by atoms with Crippen LogP contribution >= 0.6 is 0 Å². The van der Waals surface area contributed by atoms with Crippen LogP contribution in [0.4, 0.5) is 5.69 Å². The quantitative estimate of drug-likeness (QED) is 0.585. The fraction of sp³-hybridized carbons (Fsp3) is 0.412. The Morgan fingerprint density at radius 2 is 2.00 bits per heavy atom. The number of likely N-dealkylation sites (tertiary alicyclic amines) is 1. The van der Waals surface area contributed by atoms with E-state index in [4.69, 9.17) is 4.42 Å². The fourth-order valence-electron chi connectivity index (χ4n) is 3.30. The van der Waals surface area contributed by atoms with Crippen molar-refractivity contribution < 1.29 is 17.8 Å². The molecular weight excluding hydrogens is 358 g/mol. The van der Waals surface area contributed by atoms with Gasteiger partial charge in [0, 0.05) is 18.2 Å². The average molecular weight is 379 g/mol. The summed E-state index contributed by atoms with van der Waals surface area (Å²) in [4.78, 5) is 12.6. The van der Waals surface area contributed by atoms with Gasteiger partial charge >= 0.3 is 0 Å². The van der Waals surface area contributed by atoms with E-state index < -0.39 is 14.9 Å². The van der Waals surface area contributed by atoms with Crippen LogP contribution < -0.4 is 4.72 Å². The number of hydrogen-bond donors (Lipinski definition) is 1. The molecule has 1 N–H and O–H groups in total. The summed E-state index contributed by atoms with van der Waals surface area (Å²) in [5.41, 5.74) is -0.0873. The number of benzene rings is 1. The normalized spacial score (nSPS) is 16.7. The van der Waals surface area contributed by atoms with Crippen LogP contribution in [0.2, 0.25) is 0 Å². The molecule has 0 amide bonds. The van der Waals surface area contributed by atoms with Crippen molar-refractivity contribution in [2.45, 2.75) is 30.7 Å². The van der Waals surface area contributed by atoms with Crippen molar-refractivity contribution in [3.8, 4) is 0 Å². The second-order valence-corrected chi connectivity index (χ2v) is 8.02. The zero-order valence-corrected chi connectivity index (χ0v) is 15.2. The van der Waals surface area contributed by atoms with Crippen LogP contribution in [0.3, 0.4) is 0 Å². The first-order valence-corrected chi connectivity index (χ1v) is 9.89. The number of sulfonamides is 1. The van der Waals surface area contributed by atoms with Crippen molar-refractivity contribution in [3.05, 3.63) is 58.0 Å². The first kappa shape index (κ1) is 18.6. The highest BCUT2D eigenvalue weighted by atomic mass is 32.2. The molecule has 2 heterocycles. The van der Waals surface area contributed by atoms with Crippen molar-refractivity contribution in [1.29, 1.82) is 0 Å². The van der Waals surface area contributed by atoms with E-state index in [0.29, 0.717) is 5.76 Å². The molecule has 1 aliphatic rings. The molecule has 8 nitrogen and oxygen atoms in total. The lowest BCUT2D eigenvalue weighted by Crippen LogP contribution is -2.36. The third-order valence-electron chi connectivity index (χ3n) is 4.66. The van der Waals surface area contributed by atoms with Crippen molar-refractivity contribution in [3.63, 3.8) is 0 Å². The van der Waals surface area contributed by atoms with E-state index in [9.17, 15) is 18.5 Å². The van der Waals surface area contributed by atoms with Gasteiger partial charge in [0.25, 0.3) is 5.69 Å². The van der Waals surface area contributed by atoms with Gasteiger partial charge < -0.3 is 4.42 Å². The third-order valence-corrected chi connectivity index (χ3v) is 6.23. The summed E-state index contributed by atoms with van der Waals surface area (Å²) < 4.78 is 33.6. The molecule has 1 atom stereocenters. The summed E-state index contributed by atoms with van der Waals surface area (Å²) in [5.74, 6) is 0.699. The van der Waals surface area contributed by atoms with E-state index >= 15 is 0 Å². The molecule has 0 spiro atoms. The van der Waals surface area contributed by atoms with E-state index in [1.54, 1.807) is 12.3 Å². The minimum Gasteiger partial charge on any atom is -0.468 e. The highest BCUT2D eigenvalue weighted by molar-refractivity contribution is 7.89. The Bertz CT molecular complexity index is 874. The standard InChI is InChI=1S/C17H21N3O5S/c1-13-14(20(21)22)6-4-8-17(13)26(23,24)18-12-15(16-7-5-11-25-16)19-9-2-3-10-19/h4-8,11,15,18H,2-3,9-10,12H2,1H3. The molecule has 0 saturated carbocycles. The van der Waals surface area contributed by atoms with Gasteiger partial charge in [-0.3, -0.25) is 15.0 Å². The van der Waals surface area contributed by atoms with Crippen molar-refractivity contribution >= 4 is 15.7 Å². The summed E-state index contributed by atoms with van der Waals surface area (Å²) in [6.07, 6.45) is 3.69. The molecular formula is C17H21N3O5S. The van der Waals surface area contributed by atoms with Crippen molar-refractivity contribution in [1.82, 2.24) is 9.62 Å². The van der Waals surface area contributed by atoms with E-state index in [0.717, 1.165) is 25.9 Å². The van der Waals surface area contributed by atoms with Crippen LogP contribution in [0.1, 0.15) is 30.2 Å². The Kier molecular flexibility index (Phi) is 5.40. The molecule has 3 rings (SSSR count). The molecule has 140 valence electrons. The Labute approximate surface area is 152 Å². The predicted molar refractivity (Wildman–Crippen MR) is 95.3 cm³/mol. The molecule has 1 aromatic heterocycles.